The van der Waals surface area contributed by atoms with Crippen molar-refractivity contribution in [3.05, 3.63) is 64.8 Å². The van der Waals surface area contributed by atoms with Gasteiger partial charge in [0.15, 0.2) is 5.82 Å². The third kappa shape index (κ3) is 4.26. The molecular formula is C17H16BrN5. The fourth-order valence-electron chi connectivity index (χ4n) is 2.08. The van der Waals surface area contributed by atoms with Gasteiger partial charge in [0.05, 0.1) is 6.20 Å². The van der Waals surface area contributed by atoms with Gasteiger partial charge in [-0.1, -0.05) is 41.1 Å². The van der Waals surface area contributed by atoms with Crippen LogP contribution in [0.2, 0.25) is 0 Å². The molecule has 5 nitrogen and oxygen atoms in total. The zero-order valence-electron chi connectivity index (χ0n) is 12.6. The van der Waals surface area contributed by atoms with Crippen LogP contribution in [0.5, 0.6) is 0 Å². The van der Waals surface area contributed by atoms with E-state index in [1.165, 1.54) is 5.56 Å². The molecule has 0 aliphatic carbocycles. The molecule has 0 spiro atoms. The molecule has 0 fully saturated rings. The molecule has 0 saturated carbocycles. The molecule has 2 aromatic carbocycles. The summed E-state index contributed by atoms with van der Waals surface area (Å²) in [6.45, 7) is 2.14. The molecule has 1 aromatic heterocycles. The molecule has 23 heavy (non-hydrogen) atoms. The minimum atomic E-state index is 0.443. The fourth-order valence-corrected chi connectivity index (χ4v) is 2.48. The lowest BCUT2D eigenvalue weighted by Gasteiger charge is -2.08. The van der Waals surface area contributed by atoms with Crippen LogP contribution >= 0.6 is 15.9 Å². The van der Waals surface area contributed by atoms with E-state index in [1.807, 2.05) is 36.4 Å². The number of anilines is 4. The van der Waals surface area contributed by atoms with Gasteiger partial charge in [0.1, 0.15) is 0 Å². The van der Waals surface area contributed by atoms with Gasteiger partial charge in [0.2, 0.25) is 5.95 Å². The van der Waals surface area contributed by atoms with Gasteiger partial charge in [-0.2, -0.15) is 10.1 Å². The highest BCUT2D eigenvalue weighted by atomic mass is 79.9. The first kappa shape index (κ1) is 15.4. The number of aryl methyl sites for hydroxylation is 1. The molecule has 0 aliphatic heterocycles. The molecule has 0 bridgehead atoms. The lowest BCUT2D eigenvalue weighted by molar-refractivity contribution is 0.982. The number of hydrogen-bond acceptors (Lipinski definition) is 5. The van der Waals surface area contributed by atoms with Crippen LogP contribution in [-0.2, 0) is 6.42 Å². The molecule has 0 atom stereocenters. The summed E-state index contributed by atoms with van der Waals surface area (Å²) in [7, 11) is 0. The van der Waals surface area contributed by atoms with Crippen LogP contribution in [0, 0.1) is 0 Å². The van der Waals surface area contributed by atoms with E-state index in [0.717, 1.165) is 22.3 Å². The van der Waals surface area contributed by atoms with E-state index >= 15 is 0 Å². The Hall–Kier alpha value is -2.47. The Morgan fingerprint density at radius 3 is 2.57 bits per heavy atom. The summed E-state index contributed by atoms with van der Waals surface area (Å²) in [5.74, 6) is 1.08. The van der Waals surface area contributed by atoms with Gasteiger partial charge < -0.3 is 10.6 Å². The van der Waals surface area contributed by atoms with Crippen LogP contribution in [0.1, 0.15) is 12.5 Å². The van der Waals surface area contributed by atoms with E-state index in [4.69, 9.17) is 0 Å². The highest BCUT2D eigenvalue weighted by molar-refractivity contribution is 9.10. The van der Waals surface area contributed by atoms with Crippen molar-refractivity contribution in [2.24, 2.45) is 0 Å². The van der Waals surface area contributed by atoms with Crippen molar-refractivity contribution < 1.29 is 0 Å². The lowest BCUT2D eigenvalue weighted by Crippen LogP contribution is -2.02. The average molecular weight is 370 g/mol. The number of aromatic nitrogens is 3. The molecule has 0 unspecified atom stereocenters. The molecular weight excluding hydrogens is 354 g/mol. The summed E-state index contributed by atoms with van der Waals surface area (Å²) < 4.78 is 0.987. The van der Waals surface area contributed by atoms with E-state index < -0.39 is 0 Å². The largest absolute Gasteiger partial charge is 0.339 e. The van der Waals surface area contributed by atoms with Crippen molar-refractivity contribution in [3.8, 4) is 0 Å². The summed E-state index contributed by atoms with van der Waals surface area (Å²) in [6.07, 6.45) is 2.62. The highest BCUT2D eigenvalue weighted by Gasteiger charge is 2.02. The second-order valence-electron chi connectivity index (χ2n) is 4.98. The van der Waals surface area contributed by atoms with Crippen molar-refractivity contribution in [2.45, 2.75) is 13.3 Å². The first-order valence-electron chi connectivity index (χ1n) is 7.31. The van der Waals surface area contributed by atoms with Crippen LogP contribution in [-0.4, -0.2) is 15.2 Å². The maximum atomic E-state index is 4.42. The minimum Gasteiger partial charge on any atom is -0.339 e. The first-order valence-corrected chi connectivity index (χ1v) is 8.10. The van der Waals surface area contributed by atoms with Crippen molar-refractivity contribution in [1.82, 2.24) is 15.2 Å². The average Bonchev–Trinajstić information content (AvgIpc) is 2.56. The monoisotopic (exact) mass is 369 g/mol. The predicted octanol–water partition coefficient (Wildman–Crippen LogP) is 4.68. The third-order valence-electron chi connectivity index (χ3n) is 3.27. The predicted molar refractivity (Wildman–Crippen MR) is 96.4 cm³/mol. The maximum absolute atomic E-state index is 4.42. The van der Waals surface area contributed by atoms with Crippen molar-refractivity contribution >= 4 is 39.1 Å². The molecule has 0 radical (unpaired) electrons. The van der Waals surface area contributed by atoms with E-state index in [1.54, 1.807) is 6.20 Å². The van der Waals surface area contributed by atoms with Gasteiger partial charge in [-0.3, -0.25) is 0 Å². The molecule has 2 N–H and O–H groups in total. The fraction of sp³-hybridized carbons (Fsp3) is 0.118. The van der Waals surface area contributed by atoms with Crippen LogP contribution in [0.3, 0.4) is 0 Å². The Morgan fingerprint density at radius 1 is 1.00 bits per heavy atom. The zero-order valence-corrected chi connectivity index (χ0v) is 14.2. The smallest absolute Gasteiger partial charge is 0.249 e. The van der Waals surface area contributed by atoms with E-state index in [2.05, 4.69) is 60.8 Å². The quantitative estimate of drug-likeness (QED) is 0.683. The molecule has 0 aliphatic rings. The van der Waals surface area contributed by atoms with Gasteiger partial charge in [-0.05, 0) is 42.3 Å². The summed E-state index contributed by atoms with van der Waals surface area (Å²) in [6, 6.07) is 16.0. The van der Waals surface area contributed by atoms with E-state index in [0.29, 0.717) is 11.8 Å². The summed E-state index contributed by atoms with van der Waals surface area (Å²) in [5.41, 5.74) is 3.16. The van der Waals surface area contributed by atoms with Gasteiger partial charge in [-0.25, -0.2) is 0 Å². The maximum Gasteiger partial charge on any atom is 0.249 e. The number of nitrogens with zero attached hydrogens (tertiary/aromatic N) is 3. The van der Waals surface area contributed by atoms with E-state index in [9.17, 15) is 0 Å². The SMILES string of the molecule is CCc1ccc(Nc2cnnc(Nc3cccc(Br)c3)n2)cc1. The first-order chi connectivity index (χ1) is 11.2. The number of rotatable bonds is 5. The Morgan fingerprint density at radius 2 is 1.83 bits per heavy atom. The molecule has 0 amide bonds. The van der Waals surface area contributed by atoms with E-state index in [-0.39, 0.29) is 0 Å². The van der Waals surface area contributed by atoms with Crippen LogP contribution in [0.4, 0.5) is 23.1 Å². The molecule has 3 rings (SSSR count). The minimum absolute atomic E-state index is 0.443. The summed E-state index contributed by atoms with van der Waals surface area (Å²) in [4.78, 5) is 4.42. The van der Waals surface area contributed by atoms with Gasteiger partial charge in [-0.15, -0.1) is 5.10 Å². The van der Waals surface area contributed by atoms with Gasteiger partial charge in [0, 0.05) is 15.8 Å². The Kier molecular flexibility index (Phi) is 4.83. The topological polar surface area (TPSA) is 62.7 Å². The van der Waals surface area contributed by atoms with Crippen LogP contribution in [0.25, 0.3) is 0 Å². The zero-order chi connectivity index (χ0) is 16.1. The lowest BCUT2D eigenvalue weighted by atomic mass is 10.1. The normalized spacial score (nSPS) is 10.3. The second kappa shape index (κ2) is 7.19. The van der Waals surface area contributed by atoms with Crippen molar-refractivity contribution in [1.29, 1.82) is 0 Å². The Labute approximate surface area is 143 Å². The van der Waals surface area contributed by atoms with Gasteiger partial charge >= 0.3 is 0 Å². The number of hydrogen-bond donors (Lipinski definition) is 2. The van der Waals surface area contributed by atoms with Crippen LogP contribution in [0.15, 0.2) is 59.2 Å². The van der Waals surface area contributed by atoms with Crippen molar-refractivity contribution in [3.63, 3.8) is 0 Å². The molecule has 3 aromatic rings. The number of benzene rings is 2. The molecule has 0 saturated heterocycles. The van der Waals surface area contributed by atoms with Crippen LogP contribution < -0.4 is 10.6 Å². The molecule has 116 valence electrons. The number of halogens is 1. The standard InChI is InChI=1S/C17H16BrN5/c1-2-12-6-8-14(9-7-12)20-16-11-19-23-17(22-16)21-15-5-3-4-13(18)10-15/h3-11H,2H2,1H3,(H2,20,21,22,23). The summed E-state index contributed by atoms with van der Waals surface area (Å²) >= 11 is 3.44. The number of nitrogens with one attached hydrogen (secondary N) is 2. The third-order valence-corrected chi connectivity index (χ3v) is 3.77. The van der Waals surface area contributed by atoms with Gasteiger partial charge in [0.25, 0.3) is 0 Å². The Balaban J connectivity index is 1.74. The second-order valence-corrected chi connectivity index (χ2v) is 5.89. The molecule has 6 heteroatoms. The van der Waals surface area contributed by atoms with Crippen molar-refractivity contribution in [2.75, 3.05) is 10.6 Å². The molecule has 1 heterocycles. The summed E-state index contributed by atoms with van der Waals surface area (Å²) in [5, 5.41) is 14.4. The highest BCUT2D eigenvalue weighted by Crippen LogP contribution is 2.20. The Bertz CT molecular complexity index is 789.